The molecule has 0 heterocycles. The van der Waals surface area contributed by atoms with E-state index in [1.165, 1.54) is 0 Å². The Labute approximate surface area is 113 Å². The first-order valence-electron chi connectivity index (χ1n) is 5.72. The van der Waals surface area contributed by atoms with Crippen LogP contribution in [0.5, 0.6) is 11.5 Å². The van der Waals surface area contributed by atoms with Crippen LogP contribution in [0.1, 0.15) is 12.5 Å². The van der Waals surface area contributed by atoms with Gasteiger partial charge in [0.1, 0.15) is 0 Å². The van der Waals surface area contributed by atoms with Crippen molar-refractivity contribution >= 4 is 12.3 Å². The molecule has 0 saturated carbocycles. The molecular weight excluding hydrogens is 248 g/mol. The first kappa shape index (κ1) is 16.8. The van der Waals surface area contributed by atoms with E-state index in [1.54, 1.807) is 20.1 Å². The van der Waals surface area contributed by atoms with Crippen molar-refractivity contribution in [3.8, 4) is 11.5 Å². The van der Waals surface area contributed by atoms with Crippen molar-refractivity contribution < 1.29 is 19.0 Å². The van der Waals surface area contributed by atoms with Crippen molar-refractivity contribution in [2.75, 3.05) is 20.3 Å². The molecule has 106 valence electrons. The van der Waals surface area contributed by atoms with Crippen LogP contribution in [-0.4, -0.2) is 32.6 Å². The first-order chi connectivity index (χ1) is 9.08. The highest BCUT2D eigenvalue weighted by Crippen LogP contribution is 2.27. The predicted octanol–water partition coefficient (Wildman–Crippen LogP) is 1.50. The minimum atomic E-state index is -0.384. The third-order valence-corrected chi connectivity index (χ3v) is 1.97. The van der Waals surface area contributed by atoms with Gasteiger partial charge in [0.15, 0.2) is 18.1 Å². The number of hydrogen-bond acceptors (Lipinski definition) is 5. The summed E-state index contributed by atoms with van der Waals surface area (Å²) in [5.41, 5.74) is 5.46. The number of benzene rings is 1. The van der Waals surface area contributed by atoms with Crippen LogP contribution < -0.4 is 15.2 Å². The summed E-state index contributed by atoms with van der Waals surface area (Å²) >= 11 is 0. The Morgan fingerprint density at radius 1 is 1.42 bits per heavy atom. The summed E-state index contributed by atoms with van der Waals surface area (Å²) in [4.78, 5) is 11.1. The van der Waals surface area contributed by atoms with E-state index < -0.39 is 0 Å². The highest BCUT2D eigenvalue weighted by atomic mass is 16.6. The molecule has 19 heavy (non-hydrogen) atoms. The number of methoxy groups -OCH3 is 1. The second kappa shape index (κ2) is 9.76. The standard InChI is InChI=1S/C12H16O4.CH4N2/c1-4-15-12(13)8-16-10-6-5-9(2)7-11(10)14-3;2-1-3/h5-7H,4,8H2,1-3H3;1H,(H3,2,3). The van der Waals surface area contributed by atoms with Crippen molar-refractivity contribution in [2.45, 2.75) is 13.8 Å². The molecule has 0 aromatic heterocycles. The zero-order chi connectivity index (χ0) is 14.7. The lowest BCUT2D eigenvalue weighted by molar-refractivity contribution is -0.145. The Morgan fingerprint density at radius 2 is 2.05 bits per heavy atom. The van der Waals surface area contributed by atoms with Gasteiger partial charge in [-0.15, -0.1) is 0 Å². The third kappa shape index (κ3) is 6.92. The van der Waals surface area contributed by atoms with Gasteiger partial charge in [0.05, 0.1) is 20.1 Å². The Bertz CT molecular complexity index is 408. The van der Waals surface area contributed by atoms with E-state index in [-0.39, 0.29) is 12.6 Å². The fourth-order valence-electron chi connectivity index (χ4n) is 1.23. The average Bonchev–Trinajstić information content (AvgIpc) is 2.38. The number of carbonyl (C=O) groups is 1. The average molecular weight is 268 g/mol. The largest absolute Gasteiger partial charge is 0.493 e. The van der Waals surface area contributed by atoms with Gasteiger partial charge in [0.25, 0.3) is 0 Å². The Balaban J connectivity index is 0.000000982. The van der Waals surface area contributed by atoms with E-state index >= 15 is 0 Å². The van der Waals surface area contributed by atoms with Crippen LogP contribution in [-0.2, 0) is 9.53 Å². The molecule has 0 aliphatic heterocycles. The lowest BCUT2D eigenvalue weighted by Gasteiger charge is -2.10. The lowest BCUT2D eigenvalue weighted by atomic mass is 10.2. The molecule has 0 spiro atoms. The van der Waals surface area contributed by atoms with Crippen LogP contribution in [0.2, 0.25) is 0 Å². The Morgan fingerprint density at radius 3 is 2.58 bits per heavy atom. The lowest BCUT2D eigenvalue weighted by Crippen LogP contribution is -2.14. The molecule has 0 amide bonds. The SMILES string of the molecule is CCOC(=O)COc1ccc(C)cc1OC.N=CN. The number of aryl methyl sites for hydroxylation is 1. The van der Waals surface area contributed by atoms with Gasteiger partial charge in [-0.25, -0.2) is 4.79 Å². The molecule has 6 nitrogen and oxygen atoms in total. The Kier molecular flexibility index (Phi) is 8.61. The summed E-state index contributed by atoms with van der Waals surface area (Å²) in [6, 6.07) is 5.51. The second-order valence-electron chi connectivity index (χ2n) is 3.41. The van der Waals surface area contributed by atoms with Gasteiger partial charge in [-0.3, -0.25) is 5.41 Å². The maximum Gasteiger partial charge on any atom is 0.344 e. The van der Waals surface area contributed by atoms with Crippen LogP contribution >= 0.6 is 0 Å². The maximum atomic E-state index is 11.1. The smallest absolute Gasteiger partial charge is 0.344 e. The van der Waals surface area contributed by atoms with Crippen LogP contribution in [0.25, 0.3) is 0 Å². The van der Waals surface area contributed by atoms with E-state index in [2.05, 4.69) is 5.73 Å². The van der Waals surface area contributed by atoms with Crippen LogP contribution in [0.3, 0.4) is 0 Å². The molecule has 3 N–H and O–H groups in total. The van der Waals surface area contributed by atoms with Gasteiger partial charge in [-0.1, -0.05) is 6.07 Å². The van der Waals surface area contributed by atoms with Crippen molar-refractivity contribution in [2.24, 2.45) is 5.73 Å². The van der Waals surface area contributed by atoms with Gasteiger partial charge < -0.3 is 19.9 Å². The van der Waals surface area contributed by atoms with Gasteiger partial charge in [0.2, 0.25) is 0 Å². The maximum absolute atomic E-state index is 11.1. The molecule has 0 saturated heterocycles. The van der Waals surface area contributed by atoms with E-state index in [9.17, 15) is 4.79 Å². The summed E-state index contributed by atoms with van der Waals surface area (Å²) in [5, 5.41) is 5.86. The number of nitrogens with one attached hydrogen (secondary N) is 1. The molecule has 0 aliphatic rings. The van der Waals surface area contributed by atoms with Gasteiger partial charge in [-0.2, -0.15) is 0 Å². The van der Waals surface area contributed by atoms with Crippen LogP contribution in [0, 0.1) is 12.3 Å². The molecule has 1 aromatic carbocycles. The van der Waals surface area contributed by atoms with Gasteiger partial charge in [-0.05, 0) is 31.5 Å². The van der Waals surface area contributed by atoms with Crippen LogP contribution in [0.15, 0.2) is 18.2 Å². The van der Waals surface area contributed by atoms with Gasteiger partial charge >= 0.3 is 5.97 Å². The number of carbonyl (C=O) groups excluding carboxylic acids is 1. The van der Waals surface area contributed by atoms with E-state index in [0.717, 1.165) is 11.9 Å². The molecule has 0 fully saturated rings. The Hall–Kier alpha value is -2.24. The molecule has 6 heteroatoms. The van der Waals surface area contributed by atoms with E-state index in [4.69, 9.17) is 19.6 Å². The summed E-state index contributed by atoms with van der Waals surface area (Å²) in [6.07, 6.45) is 0.750. The number of rotatable bonds is 5. The van der Waals surface area contributed by atoms with E-state index in [0.29, 0.717) is 18.1 Å². The molecule has 0 atom stereocenters. The number of nitrogens with two attached hydrogens (primary N) is 1. The third-order valence-electron chi connectivity index (χ3n) is 1.97. The first-order valence-corrected chi connectivity index (χ1v) is 5.72. The normalized spacial score (nSPS) is 8.79. The summed E-state index contributed by atoms with van der Waals surface area (Å²) in [6.45, 7) is 3.96. The van der Waals surface area contributed by atoms with Crippen molar-refractivity contribution in [3.05, 3.63) is 23.8 Å². The number of ether oxygens (including phenoxy) is 3. The van der Waals surface area contributed by atoms with Crippen molar-refractivity contribution in [1.82, 2.24) is 0 Å². The highest BCUT2D eigenvalue weighted by molar-refractivity contribution is 5.71. The zero-order valence-electron chi connectivity index (χ0n) is 11.4. The second-order valence-corrected chi connectivity index (χ2v) is 3.41. The fraction of sp³-hybridized carbons (Fsp3) is 0.385. The fourth-order valence-corrected chi connectivity index (χ4v) is 1.23. The topological polar surface area (TPSA) is 94.6 Å². The number of hydrogen-bond donors (Lipinski definition) is 2. The number of esters is 1. The summed E-state index contributed by atoms with van der Waals surface area (Å²) in [5.74, 6) is 0.774. The van der Waals surface area contributed by atoms with E-state index in [1.807, 2.05) is 19.1 Å². The quantitative estimate of drug-likeness (QED) is 0.479. The molecule has 0 bridgehead atoms. The zero-order valence-corrected chi connectivity index (χ0v) is 11.4. The van der Waals surface area contributed by atoms with Crippen molar-refractivity contribution in [3.63, 3.8) is 0 Å². The summed E-state index contributed by atoms with van der Waals surface area (Å²) in [7, 11) is 1.56. The molecule has 0 aliphatic carbocycles. The highest BCUT2D eigenvalue weighted by Gasteiger charge is 2.07. The van der Waals surface area contributed by atoms with Crippen molar-refractivity contribution in [1.29, 1.82) is 5.41 Å². The van der Waals surface area contributed by atoms with Crippen LogP contribution in [0.4, 0.5) is 0 Å². The summed E-state index contributed by atoms with van der Waals surface area (Å²) < 4.78 is 15.2. The molecule has 1 rings (SSSR count). The molecule has 1 aromatic rings. The minimum absolute atomic E-state index is 0.104. The monoisotopic (exact) mass is 268 g/mol. The van der Waals surface area contributed by atoms with Gasteiger partial charge in [0, 0.05) is 0 Å². The molecular formula is C13H20N2O4. The minimum Gasteiger partial charge on any atom is -0.493 e. The molecule has 0 radical (unpaired) electrons. The molecule has 0 unspecified atom stereocenters. The predicted molar refractivity (Wildman–Crippen MR) is 72.8 cm³/mol.